The van der Waals surface area contributed by atoms with Gasteiger partial charge in [-0.25, -0.2) is 8.78 Å². The average Bonchev–Trinajstić information content (AvgIpc) is 2.29. The molecular weight excluding hydrogens is 234 g/mol. The number of rotatable bonds is 6. The molecule has 0 heterocycles. The number of nitrogens with zero attached hydrogens (tertiary/aromatic N) is 1. The molecule has 94 valence electrons. The van der Waals surface area contributed by atoms with Crippen LogP contribution in [0.5, 0.6) is 0 Å². The van der Waals surface area contributed by atoms with Gasteiger partial charge in [-0.3, -0.25) is 10.1 Å². The van der Waals surface area contributed by atoms with E-state index in [0.717, 1.165) is 12.1 Å². The normalized spacial score (nSPS) is 10.3. The molecule has 0 bridgehead atoms. The Labute approximate surface area is 96.5 Å². The number of benzene rings is 1. The molecule has 0 saturated heterocycles. The second-order valence-corrected chi connectivity index (χ2v) is 3.14. The lowest BCUT2D eigenvalue weighted by molar-refractivity contribution is -0.384. The van der Waals surface area contributed by atoms with Crippen LogP contribution in [0.25, 0.3) is 0 Å². The van der Waals surface area contributed by atoms with E-state index in [4.69, 9.17) is 4.74 Å². The molecule has 0 unspecified atom stereocenters. The Morgan fingerprint density at radius 2 is 2.18 bits per heavy atom. The molecule has 1 aromatic rings. The van der Waals surface area contributed by atoms with E-state index in [0.29, 0.717) is 6.61 Å². The standard InChI is InChI=1S/C10H12F2N2O3/c1-2-17-6-5-13-10-8(14(15)16)4-3-7(11)9(10)12/h3-4,13H,2,5-6H2,1H3. The van der Waals surface area contributed by atoms with E-state index in [1.807, 2.05) is 0 Å². The van der Waals surface area contributed by atoms with Crippen LogP contribution >= 0.6 is 0 Å². The molecule has 0 fully saturated rings. The zero-order valence-electron chi connectivity index (χ0n) is 9.20. The van der Waals surface area contributed by atoms with Crippen LogP contribution in [0, 0.1) is 21.7 Å². The summed E-state index contributed by atoms with van der Waals surface area (Å²) in [6.45, 7) is 2.68. The number of nitro groups is 1. The first kappa shape index (κ1) is 13.3. The number of ether oxygens (including phenoxy) is 1. The highest BCUT2D eigenvalue weighted by Gasteiger charge is 2.20. The van der Waals surface area contributed by atoms with Crippen LogP contribution in [0.15, 0.2) is 12.1 Å². The van der Waals surface area contributed by atoms with Crippen molar-refractivity contribution in [2.24, 2.45) is 0 Å². The molecule has 0 spiro atoms. The van der Waals surface area contributed by atoms with E-state index >= 15 is 0 Å². The van der Waals surface area contributed by atoms with Crippen molar-refractivity contribution in [2.75, 3.05) is 25.1 Å². The second-order valence-electron chi connectivity index (χ2n) is 3.14. The average molecular weight is 246 g/mol. The van der Waals surface area contributed by atoms with Crippen molar-refractivity contribution in [3.63, 3.8) is 0 Å². The fraction of sp³-hybridized carbons (Fsp3) is 0.400. The van der Waals surface area contributed by atoms with Crippen molar-refractivity contribution in [1.82, 2.24) is 0 Å². The van der Waals surface area contributed by atoms with Gasteiger partial charge in [0, 0.05) is 19.2 Å². The van der Waals surface area contributed by atoms with Gasteiger partial charge in [-0.2, -0.15) is 0 Å². The van der Waals surface area contributed by atoms with Crippen LogP contribution in [-0.2, 0) is 4.74 Å². The van der Waals surface area contributed by atoms with Gasteiger partial charge in [-0.15, -0.1) is 0 Å². The van der Waals surface area contributed by atoms with Crippen molar-refractivity contribution in [2.45, 2.75) is 6.92 Å². The molecule has 1 rings (SSSR count). The first-order valence-corrected chi connectivity index (χ1v) is 5.02. The topological polar surface area (TPSA) is 64.4 Å². The molecule has 0 aliphatic rings. The lowest BCUT2D eigenvalue weighted by Crippen LogP contribution is -2.12. The van der Waals surface area contributed by atoms with E-state index in [-0.39, 0.29) is 13.2 Å². The molecule has 1 N–H and O–H groups in total. The van der Waals surface area contributed by atoms with E-state index in [9.17, 15) is 18.9 Å². The molecule has 0 amide bonds. The van der Waals surface area contributed by atoms with Gasteiger partial charge >= 0.3 is 0 Å². The zero-order valence-corrected chi connectivity index (χ0v) is 9.20. The summed E-state index contributed by atoms with van der Waals surface area (Å²) in [6, 6.07) is 1.64. The van der Waals surface area contributed by atoms with E-state index in [2.05, 4.69) is 5.32 Å². The third-order valence-electron chi connectivity index (χ3n) is 2.02. The summed E-state index contributed by atoms with van der Waals surface area (Å²) in [4.78, 5) is 9.85. The molecular formula is C10H12F2N2O3. The first-order chi connectivity index (χ1) is 8.07. The van der Waals surface area contributed by atoms with Crippen molar-refractivity contribution in [3.05, 3.63) is 33.9 Å². The van der Waals surface area contributed by atoms with Gasteiger partial charge in [0.05, 0.1) is 11.5 Å². The van der Waals surface area contributed by atoms with Crippen molar-refractivity contribution in [3.8, 4) is 0 Å². The van der Waals surface area contributed by atoms with Crippen LogP contribution in [-0.4, -0.2) is 24.7 Å². The predicted molar refractivity (Wildman–Crippen MR) is 58.0 cm³/mol. The Balaban J connectivity index is 2.86. The maximum absolute atomic E-state index is 13.3. The zero-order chi connectivity index (χ0) is 12.8. The molecule has 7 heteroatoms. The smallest absolute Gasteiger partial charge is 0.295 e. The van der Waals surface area contributed by atoms with Gasteiger partial charge in [-0.1, -0.05) is 0 Å². The summed E-state index contributed by atoms with van der Waals surface area (Å²) in [7, 11) is 0. The van der Waals surface area contributed by atoms with Gasteiger partial charge in [0.15, 0.2) is 17.3 Å². The highest BCUT2D eigenvalue weighted by Crippen LogP contribution is 2.28. The van der Waals surface area contributed by atoms with E-state index in [1.165, 1.54) is 0 Å². The summed E-state index contributed by atoms with van der Waals surface area (Å²) >= 11 is 0. The second kappa shape index (κ2) is 6.09. The Kier molecular flexibility index (Phi) is 4.77. The quantitative estimate of drug-likeness (QED) is 0.475. The van der Waals surface area contributed by atoms with E-state index in [1.54, 1.807) is 6.92 Å². The van der Waals surface area contributed by atoms with Crippen molar-refractivity contribution < 1.29 is 18.4 Å². The van der Waals surface area contributed by atoms with Crippen molar-refractivity contribution in [1.29, 1.82) is 0 Å². The first-order valence-electron chi connectivity index (χ1n) is 5.02. The van der Waals surface area contributed by atoms with Gasteiger partial charge in [-0.05, 0) is 13.0 Å². The summed E-state index contributed by atoms with van der Waals surface area (Å²) < 4.78 is 31.3. The molecule has 0 atom stereocenters. The molecule has 0 saturated carbocycles. The van der Waals surface area contributed by atoms with E-state index < -0.39 is 27.9 Å². The molecule has 1 aromatic carbocycles. The molecule has 0 radical (unpaired) electrons. The summed E-state index contributed by atoms with van der Waals surface area (Å²) in [5.41, 5.74) is -0.949. The van der Waals surface area contributed by atoms with Crippen LogP contribution in [0.4, 0.5) is 20.2 Å². The van der Waals surface area contributed by atoms with Crippen molar-refractivity contribution >= 4 is 11.4 Å². The Bertz CT molecular complexity index is 413. The minimum Gasteiger partial charge on any atom is -0.380 e. The Hall–Kier alpha value is -1.76. The van der Waals surface area contributed by atoms with Gasteiger partial charge in [0.2, 0.25) is 0 Å². The Morgan fingerprint density at radius 3 is 2.76 bits per heavy atom. The van der Waals surface area contributed by atoms with Crippen LogP contribution in [0.1, 0.15) is 6.92 Å². The predicted octanol–water partition coefficient (Wildman–Crippen LogP) is 2.32. The lowest BCUT2D eigenvalue weighted by Gasteiger charge is -2.08. The summed E-state index contributed by atoms with van der Waals surface area (Å²) in [5, 5.41) is 13.1. The molecule has 17 heavy (non-hydrogen) atoms. The van der Waals surface area contributed by atoms with Gasteiger partial charge in [0.1, 0.15) is 0 Å². The van der Waals surface area contributed by atoms with Crippen LogP contribution < -0.4 is 5.32 Å². The van der Waals surface area contributed by atoms with Gasteiger partial charge in [0.25, 0.3) is 5.69 Å². The third kappa shape index (κ3) is 3.35. The third-order valence-corrected chi connectivity index (χ3v) is 2.02. The summed E-state index contributed by atoms with van der Waals surface area (Å²) in [6.07, 6.45) is 0. The minimum absolute atomic E-state index is 0.162. The molecule has 0 aromatic heterocycles. The van der Waals surface area contributed by atoms with Crippen LogP contribution in [0.2, 0.25) is 0 Å². The summed E-state index contributed by atoms with van der Waals surface area (Å²) in [5.74, 6) is -2.38. The minimum atomic E-state index is -1.25. The maximum atomic E-state index is 13.3. The number of halogens is 2. The molecule has 0 aliphatic heterocycles. The monoisotopic (exact) mass is 246 g/mol. The number of anilines is 1. The number of nitrogens with one attached hydrogen (secondary N) is 1. The maximum Gasteiger partial charge on any atom is 0.295 e. The number of hydrogen-bond acceptors (Lipinski definition) is 4. The van der Waals surface area contributed by atoms with Gasteiger partial charge < -0.3 is 10.1 Å². The van der Waals surface area contributed by atoms with Crippen LogP contribution in [0.3, 0.4) is 0 Å². The fourth-order valence-corrected chi connectivity index (χ4v) is 1.25. The molecule has 0 aliphatic carbocycles. The number of hydrogen-bond donors (Lipinski definition) is 1. The fourth-order valence-electron chi connectivity index (χ4n) is 1.25. The SMILES string of the molecule is CCOCCNc1c([N+](=O)[O-])ccc(F)c1F. The lowest BCUT2D eigenvalue weighted by atomic mass is 10.2. The highest BCUT2D eigenvalue weighted by molar-refractivity contribution is 5.62. The number of nitro benzene ring substituents is 1. The highest BCUT2D eigenvalue weighted by atomic mass is 19.2. The molecule has 5 nitrogen and oxygen atoms in total. The Morgan fingerprint density at radius 1 is 1.47 bits per heavy atom. The largest absolute Gasteiger partial charge is 0.380 e.